The topological polar surface area (TPSA) is 73.4 Å². The fraction of sp³-hybridized carbons (Fsp3) is 0.692. The zero-order valence-corrected chi connectivity index (χ0v) is 12.2. The van der Waals surface area contributed by atoms with E-state index in [1.807, 2.05) is 7.05 Å². The molecule has 1 aromatic heterocycles. The lowest BCUT2D eigenvalue weighted by Crippen LogP contribution is -2.41. The van der Waals surface area contributed by atoms with Crippen molar-refractivity contribution < 1.29 is 4.74 Å². The quantitative estimate of drug-likeness (QED) is 0.770. The van der Waals surface area contributed by atoms with E-state index < -0.39 is 0 Å². The molecule has 0 fully saturated rings. The van der Waals surface area contributed by atoms with Crippen molar-refractivity contribution >= 4 is 5.82 Å². The third-order valence-electron chi connectivity index (χ3n) is 2.71. The van der Waals surface area contributed by atoms with Crippen molar-refractivity contribution in [2.45, 2.75) is 26.4 Å². The highest BCUT2D eigenvalue weighted by Gasteiger charge is 2.13. The molecule has 1 heterocycles. The van der Waals surface area contributed by atoms with Crippen LogP contribution in [-0.4, -0.2) is 42.9 Å². The van der Waals surface area contributed by atoms with Crippen LogP contribution in [0.4, 0.5) is 5.82 Å². The van der Waals surface area contributed by atoms with Crippen molar-refractivity contribution in [3.05, 3.63) is 22.7 Å². The maximum atomic E-state index is 12.3. The van der Waals surface area contributed by atoms with E-state index in [9.17, 15) is 4.79 Å². The van der Waals surface area contributed by atoms with Crippen molar-refractivity contribution in [3.63, 3.8) is 0 Å². The van der Waals surface area contributed by atoms with E-state index in [2.05, 4.69) is 18.8 Å². The van der Waals surface area contributed by atoms with Crippen LogP contribution in [0.1, 0.15) is 13.8 Å². The molecule has 1 rings (SSSR count). The first-order chi connectivity index (χ1) is 8.95. The van der Waals surface area contributed by atoms with Gasteiger partial charge in [-0.15, -0.1) is 0 Å². The zero-order chi connectivity index (χ0) is 14.4. The van der Waals surface area contributed by atoms with E-state index in [0.717, 1.165) is 0 Å². The minimum atomic E-state index is -0.144. The number of likely N-dealkylation sites (N-methyl/N-ethyl adjacent to an activating group) is 1. The number of rotatable bonds is 7. The van der Waals surface area contributed by atoms with Crippen LogP contribution in [0.15, 0.2) is 17.2 Å². The lowest BCUT2D eigenvalue weighted by molar-refractivity contribution is 0.181. The van der Waals surface area contributed by atoms with Gasteiger partial charge in [0.1, 0.15) is 0 Å². The third kappa shape index (κ3) is 4.65. The van der Waals surface area contributed by atoms with Crippen molar-refractivity contribution in [2.24, 2.45) is 11.7 Å². The van der Waals surface area contributed by atoms with Gasteiger partial charge in [0, 0.05) is 45.7 Å². The number of hydrogen-bond acceptors (Lipinski definition) is 5. The number of aromatic nitrogens is 2. The summed E-state index contributed by atoms with van der Waals surface area (Å²) in [5, 5.41) is 0. The van der Waals surface area contributed by atoms with Crippen LogP contribution in [-0.2, 0) is 11.3 Å². The first kappa shape index (κ1) is 15.7. The Labute approximate surface area is 114 Å². The Morgan fingerprint density at radius 3 is 2.79 bits per heavy atom. The zero-order valence-electron chi connectivity index (χ0n) is 12.2. The minimum absolute atomic E-state index is 0.0803. The van der Waals surface area contributed by atoms with Crippen LogP contribution in [0.5, 0.6) is 0 Å². The van der Waals surface area contributed by atoms with E-state index in [1.165, 1.54) is 0 Å². The highest BCUT2D eigenvalue weighted by atomic mass is 16.5. The van der Waals surface area contributed by atoms with Crippen molar-refractivity contribution in [2.75, 3.05) is 32.2 Å². The Balaban J connectivity index is 2.85. The molecule has 1 unspecified atom stereocenters. The molecule has 0 saturated heterocycles. The number of ether oxygens (including phenoxy) is 1. The van der Waals surface area contributed by atoms with Gasteiger partial charge in [-0.05, 0) is 5.92 Å². The molecule has 0 saturated carbocycles. The Kier molecular flexibility index (Phi) is 5.98. The van der Waals surface area contributed by atoms with Crippen molar-refractivity contribution in [1.29, 1.82) is 0 Å². The third-order valence-corrected chi connectivity index (χ3v) is 2.71. The second-order valence-corrected chi connectivity index (χ2v) is 5.20. The van der Waals surface area contributed by atoms with Gasteiger partial charge < -0.3 is 19.9 Å². The molecule has 0 spiro atoms. The van der Waals surface area contributed by atoms with E-state index in [0.29, 0.717) is 31.4 Å². The molecule has 0 bridgehead atoms. The van der Waals surface area contributed by atoms with E-state index >= 15 is 0 Å². The van der Waals surface area contributed by atoms with Crippen LogP contribution in [0.2, 0.25) is 0 Å². The van der Waals surface area contributed by atoms with E-state index in [4.69, 9.17) is 10.5 Å². The molecule has 2 N–H and O–H groups in total. The minimum Gasteiger partial charge on any atom is -0.383 e. The summed E-state index contributed by atoms with van der Waals surface area (Å²) in [7, 11) is 3.43. The van der Waals surface area contributed by atoms with E-state index in [-0.39, 0.29) is 11.6 Å². The molecular weight excluding hydrogens is 244 g/mol. The summed E-state index contributed by atoms with van der Waals surface area (Å²) in [6.07, 6.45) is 3.37. The first-order valence-electron chi connectivity index (χ1n) is 6.46. The van der Waals surface area contributed by atoms with Gasteiger partial charge in [-0.25, -0.2) is 4.98 Å². The number of nitrogens with zero attached hydrogens (tertiary/aromatic N) is 3. The van der Waals surface area contributed by atoms with Crippen LogP contribution in [0, 0.1) is 5.92 Å². The summed E-state index contributed by atoms with van der Waals surface area (Å²) in [5.74, 6) is 0.837. The number of hydrogen-bond donors (Lipinski definition) is 1. The summed E-state index contributed by atoms with van der Waals surface area (Å²) in [5.41, 5.74) is 5.81. The second-order valence-electron chi connectivity index (χ2n) is 5.20. The number of anilines is 1. The fourth-order valence-corrected chi connectivity index (χ4v) is 1.94. The SMILES string of the molecule is COCC(N)CN(C)c1nccn(CC(C)C)c1=O. The molecule has 0 aromatic carbocycles. The smallest absolute Gasteiger partial charge is 0.293 e. The van der Waals surface area contributed by atoms with Gasteiger partial charge in [0.15, 0.2) is 5.82 Å². The van der Waals surface area contributed by atoms with Crippen molar-refractivity contribution in [3.8, 4) is 0 Å². The molecule has 0 radical (unpaired) electrons. The van der Waals surface area contributed by atoms with Gasteiger partial charge in [-0.1, -0.05) is 13.8 Å². The summed E-state index contributed by atoms with van der Waals surface area (Å²) in [6.45, 7) is 5.82. The molecule has 6 nitrogen and oxygen atoms in total. The van der Waals surface area contributed by atoms with Gasteiger partial charge in [0.25, 0.3) is 5.56 Å². The van der Waals surface area contributed by atoms with Gasteiger partial charge in [-0.3, -0.25) is 4.79 Å². The lowest BCUT2D eigenvalue weighted by Gasteiger charge is -2.22. The van der Waals surface area contributed by atoms with Crippen LogP contribution >= 0.6 is 0 Å². The number of nitrogens with two attached hydrogens (primary N) is 1. The molecule has 6 heteroatoms. The summed E-state index contributed by atoms with van der Waals surface area (Å²) >= 11 is 0. The Morgan fingerprint density at radius 2 is 2.21 bits per heavy atom. The number of methoxy groups -OCH3 is 1. The Morgan fingerprint density at radius 1 is 1.53 bits per heavy atom. The van der Waals surface area contributed by atoms with Gasteiger partial charge in [-0.2, -0.15) is 0 Å². The fourth-order valence-electron chi connectivity index (χ4n) is 1.94. The average molecular weight is 268 g/mol. The summed E-state index contributed by atoms with van der Waals surface area (Å²) in [4.78, 5) is 18.2. The molecule has 108 valence electrons. The highest BCUT2D eigenvalue weighted by molar-refractivity contribution is 5.34. The van der Waals surface area contributed by atoms with Gasteiger partial charge in [0.05, 0.1) is 6.61 Å². The molecule has 1 atom stereocenters. The predicted octanol–water partition coefficient (Wildman–Crippen LogP) is 0.309. The second kappa shape index (κ2) is 7.25. The molecular formula is C13H24N4O2. The average Bonchev–Trinajstić information content (AvgIpc) is 2.31. The first-order valence-corrected chi connectivity index (χ1v) is 6.46. The lowest BCUT2D eigenvalue weighted by atomic mass is 10.2. The molecule has 0 aliphatic rings. The normalized spacial score (nSPS) is 12.7. The maximum absolute atomic E-state index is 12.3. The van der Waals surface area contributed by atoms with Crippen molar-refractivity contribution in [1.82, 2.24) is 9.55 Å². The molecule has 19 heavy (non-hydrogen) atoms. The molecule has 0 aliphatic carbocycles. The predicted molar refractivity (Wildman–Crippen MR) is 76.5 cm³/mol. The standard InChI is InChI=1S/C13H24N4O2/c1-10(2)7-17-6-5-15-12(13(17)18)16(3)8-11(14)9-19-4/h5-6,10-11H,7-9,14H2,1-4H3. The largest absolute Gasteiger partial charge is 0.383 e. The maximum Gasteiger partial charge on any atom is 0.293 e. The molecule has 0 aliphatic heterocycles. The summed E-state index contributed by atoms with van der Waals surface area (Å²) < 4.78 is 6.68. The van der Waals surface area contributed by atoms with Gasteiger partial charge in [0.2, 0.25) is 0 Å². The molecule has 0 amide bonds. The van der Waals surface area contributed by atoms with Crippen LogP contribution in [0.3, 0.4) is 0 Å². The summed E-state index contributed by atoms with van der Waals surface area (Å²) in [6, 6.07) is -0.144. The van der Waals surface area contributed by atoms with Crippen LogP contribution < -0.4 is 16.2 Å². The monoisotopic (exact) mass is 268 g/mol. The molecule has 1 aromatic rings. The highest BCUT2D eigenvalue weighted by Crippen LogP contribution is 2.03. The Hall–Kier alpha value is -1.40. The Bertz CT molecular complexity index is 445. The van der Waals surface area contributed by atoms with Crippen LogP contribution in [0.25, 0.3) is 0 Å². The van der Waals surface area contributed by atoms with E-state index in [1.54, 1.807) is 29.0 Å². The van der Waals surface area contributed by atoms with Gasteiger partial charge >= 0.3 is 0 Å².